The fourth-order valence-corrected chi connectivity index (χ4v) is 4.43. The summed E-state index contributed by atoms with van der Waals surface area (Å²) in [4.78, 5) is 17.5. The van der Waals surface area contributed by atoms with Gasteiger partial charge in [0.15, 0.2) is 0 Å². The molecule has 4 rings (SSSR count). The maximum absolute atomic E-state index is 12.7. The van der Waals surface area contributed by atoms with Crippen molar-refractivity contribution in [2.24, 2.45) is 0 Å². The van der Waals surface area contributed by atoms with Gasteiger partial charge in [-0.1, -0.05) is 35.9 Å². The van der Waals surface area contributed by atoms with Gasteiger partial charge in [-0.25, -0.2) is 9.67 Å². The van der Waals surface area contributed by atoms with Crippen molar-refractivity contribution in [2.45, 2.75) is 34.1 Å². The van der Waals surface area contributed by atoms with Gasteiger partial charge in [0.05, 0.1) is 17.8 Å². The molecule has 2 aromatic carbocycles. The van der Waals surface area contributed by atoms with Gasteiger partial charge in [-0.15, -0.1) is 11.3 Å². The maximum Gasteiger partial charge on any atom is 0.228 e. The number of hydrogen-bond acceptors (Lipinski definition) is 4. The number of carbonyl (C=O) groups excluding carboxylic acids is 1. The third kappa shape index (κ3) is 4.40. The van der Waals surface area contributed by atoms with Crippen molar-refractivity contribution < 1.29 is 4.79 Å². The summed E-state index contributed by atoms with van der Waals surface area (Å²) < 4.78 is 1.82. The Morgan fingerprint density at radius 3 is 2.58 bits per heavy atom. The van der Waals surface area contributed by atoms with Gasteiger partial charge in [0.2, 0.25) is 11.0 Å². The van der Waals surface area contributed by atoms with Crippen molar-refractivity contribution in [3.8, 4) is 16.4 Å². The number of aromatic nitrogens is 3. The molecule has 31 heavy (non-hydrogen) atoms. The van der Waals surface area contributed by atoms with E-state index >= 15 is 0 Å². The fourth-order valence-electron chi connectivity index (χ4n) is 3.47. The highest BCUT2D eigenvalue weighted by Crippen LogP contribution is 2.27. The predicted octanol–water partition coefficient (Wildman–Crippen LogP) is 6.06. The summed E-state index contributed by atoms with van der Waals surface area (Å²) in [5.41, 5.74) is 7.63. The molecule has 0 saturated carbocycles. The number of carbonyl (C=O) groups is 1. The molecular formula is C24H23ClN4OS. The highest BCUT2D eigenvalue weighted by atomic mass is 35.5. The van der Waals surface area contributed by atoms with E-state index in [9.17, 15) is 4.79 Å². The molecule has 0 unspecified atom stereocenters. The molecular weight excluding hydrogens is 428 g/mol. The van der Waals surface area contributed by atoms with Crippen molar-refractivity contribution >= 4 is 34.5 Å². The highest BCUT2D eigenvalue weighted by molar-refractivity contribution is 7.12. The SMILES string of the molecule is Cc1cccc(NC(=O)Cc2c(C)nn(-c3nc(-c4ccc(Cl)cc4)cs3)c2C)c1C. The van der Waals surface area contributed by atoms with Gasteiger partial charge in [0, 0.05) is 32.9 Å². The summed E-state index contributed by atoms with van der Waals surface area (Å²) in [6, 6.07) is 13.5. The molecule has 158 valence electrons. The van der Waals surface area contributed by atoms with Crippen molar-refractivity contribution in [3.05, 3.63) is 80.9 Å². The summed E-state index contributed by atoms with van der Waals surface area (Å²) in [6.45, 7) is 7.96. The first kappa shape index (κ1) is 21.3. The van der Waals surface area contributed by atoms with Crippen LogP contribution in [0.2, 0.25) is 5.02 Å². The number of hydrogen-bond donors (Lipinski definition) is 1. The molecule has 0 aliphatic heterocycles. The van der Waals surface area contributed by atoms with Gasteiger partial charge < -0.3 is 5.32 Å². The standard InChI is InChI=1S/C24H23ClN4OS/c1-14-6-5-7-21(15(14)2)26-23(30)12-20-16(3)28-29(17(20)4)24-27-22(13-31-24)18-8-10-19(25)11-9-18/h5-11,13H,12H2,1-4H3,(H,26,30). The Kier molecular flexibility index (Phi) is 5.94. The zero-order valence-corrected chi connectivity index (χ0v) is 19.4. The fraction of sp³-hybridized carbons (Fsp3) is 0.208. The number of halogens is 1. The highest BCUT2D eigenvalue weighted by Gasteiger charge is 2.18. The lowest BCUT2D eigenvalue weighted by molar-refractivity contribution is -0.115. The lowest BCUT2D eigenvalue weighted by Gasteiger charge is -2.10. The second-order valence-electron chi connectivity index (χ2n) is 7.56. The van der Waals surface area contributed by atoms with E-state index in [1.807, 2.05) is 80.2 Å². The van der Waals surface area contributed by atoms with E-state index in [-0.39, 0.29) is 12.3 Å². The maximum atomic E-state index is 12.7. The molecule has 0 saturated heterocycles. The Hall–Kier alpha value is -2.96. The van der Waals surface area contributed by atoms with E-state index in [0.717, 1.165) is 50.2 Å². The quantitative estimate of drug-likeness (QED) is 0.401. The minimum absolute atomic E-state index is 0.0551. The third-order valence-corrected chi connectivity index (χ3v) is 6.54. The van der Waals surface area contributed by atoms with Gasteiger partial charge in [0.25, 0.3) is 0 Å². The van der Waals surface area contributed by atoms with Crippen LogP contribution in [0.3, 0.4) is 0 Å². The largest absolute Gasteiger partial charge is 0.326 e. The second-order valence-corrected chi connectivity index (χ2v) is 8.83. The van der Waals surface area contributed by atoms with Crippen LogP contribution in [0.5, 0.6) is 0 Å². The van der Waals surface area contributed by atoms with E-state index in [4.69, 9.17) is 16.6 Å². The van der Waals surface area contributed by atoms with Crippen LogP contribution in [0.15, 0.2) is 47.8 Å². The average molecular weight is 451 g/mol. The summed E-state index contributed by atoms with van der Waals surface area (Å²) in [5, 5.41) is 11.2. The number of aryl methyl sites for hydroxylation is 2. The number of nitrogens with one attached hydrogen (secondary N) is 1. The van der Waals surface area contributed by atoms with Crippen LogP contribution >= 0.6 is 22.9 Å². The van der Waals surface area contributed by atoms with Crippen molar-refractivity contribution in [3.63, 3.8) is 0 Å². The molecule has 5 nitrogen and oxygen atoms in total. The van der Waals surface area contributed by atoms with Gasteiger partial charge >= 0.3 is 0 Å². The minimum Gasteiger partial charge on any atom is -0.326 e. The number of rotatable bonds is 5. The van der Waals surface area contributed by atoms with Crippen LogP contribution in [0, 0.1) is 27.7 Å². The van der Waals surface area contributed by atoms with E-state index < -0.39 is 0 Å². The first-order valence-corrected chi connectivity index (χ1v) is 11.2. The van der Waals surface area contributed by atoms with Crippen molar-refractivity contribution in [2.75, 3.05) is 5.32 Å². The monoisotopic (exact) mass is 450 g/mol. The van der Waals surface area contributed by atoms with Crippen molar-refractivity contribution in [1.29, 1.82) is 0 Å². The van der Waals surface area contributed by atoms with Crippen LogP contribution in [0.1, 0.15) is 28.1 Å². The topological polar surface area (TPSA) is 59.8 Å². The normalized spacial score (nSPS) is 11.0. The van der Waals surface area contributed by atoms with Crippen LogP contribution in [-0.2, 0) is 11.2 Å². The number of nitrogens with zero attached hydrogens (tertiary/aromatic N) is 3. The molecule has 4 aromatic rings. The average Bonchev–Trinajstić information content (AvgIpc) is 3.32. The van der Waals surface area contributed by atoms with E-state index in [1.54, 1.807) is 0 Å². The molecule has 0 fully saturated rings. The first-order chi connectivity index (χ1) is 14.8. The molecule has 0 bridgehead atoms. The summed E-state index contributed by atoms with van der Waals surface area (Å²) >= 11 is 7.50. The number of thiazole rings is 1. The Labute approximate surface area is 190 Å². The lowest BCUT2D eigenvalue weighted by Crippen LogP contribution is -2.16. The number of anilines is 1. The number of benzene rings is 2. The Morgan fingerprint density at radius 2 is 1.84 bits per heavy atom. The summed E-state index contributed by atoms with van der Waals surface area (Å²) in [6.07, 6.45) is 0.264. The van der Waals surface area contributed by atoms with E-state index in [0.29, 0.717) is 5.02 Å². The molecule has 0 spiro atoms. The van der Waals surface area contributed by atoms with Crippen LogP contribution in [-0.4, -0.2) is 20.7 Å². The molecule has 0 aliphatic rings. The first-order valence-electron chi connectivity index (χ1n) is 9.96. The van der Waals surface area contributed by atoms with Gasteiger partial charge in [-0.2, -0.15) is 5.10 Å². The van der Waals surface area contributed by atoms with Crippen molar-refractivity contribution in [1.82, 2.24) is 14.8 Å². The molecule has 2 heterocycles. The third-order valence-electron chi connectivity index (χ3n) is 5.47. The van der Waals surface area contributed by atoms with Gasteiger partial charge in [-0.3, -0.25) is 4.79 Å². The molecule has 0 radical (unpaired) electrons. The molecule has 0 aliphatic carbocycles. The smallest absolute Gasteiger partial charge is 0.228 e. The lowest BCUT2D eigenvalue weighted by atomic mass is 10.1. The van der Waals surface area contributed by atoms with Crippen LogP contribution < -0.4 is 5.32 Å². The van der Waals surface area contributed by atoms with Crippen LogP contribution in [0.25, 0.3) is 16.4 Å². The predicted molar refractivity (Wildman–Crippen MR) is 127 cm³/mol. The number of amides is 1. The second kappa shape index (κ2) is 8.65. The Balaban J connectivity index is 1.56. The molecule has 1 amide bonds. The zero-order valence-electron chi connectivity index (χ0n) is 17.9. The minimum atomic E-state index is -0.0551. The van der Waals surface area contributed by atoms with E-state index in [2.05, 4.69) is 10.4 Å². The molecule has 1 N–H and O–H groups in total. The van der Waals surface area contributed by atoms with E-state index in [1.165, 1.54) is 11.3 Å². The zero-order chi connectivity index (χ0) is 22.1. The van der Waals surface area contributed by atoms with Gasteiger partial charge in [-0.05, 0) is 57.0 Å². The summed E-state index contributed by atoms with van der Waals surface area (Å²) in [7, 11) is 0. The Morgan fingerprint density at radius 1 is 1.10 bits per heavy atom. The Bertz CT molecular complexity index is 1260. The summed E-state index contributed by atoms with van der Waals surface area (Å²) in [5.74, 6) is -0.0551. The van der Waals surface area contributed by atoms with Gasteiger partial charge in [0.1, 0.15) is 0 Å². The molecule has 0 atom stereocenters. The molecule has 2 aromatic heterocycles. The molecule has 7 heteroatoms. The van der Waals surface area contributed by atoms with Crippen LogP contribution in [0.4, 0.5) is 5.69 Å².